The fraction of sp³-hybridized carbons (Fsp3) is 0.294. The average Bonchev–Trinajstić information content (AvgIpc) is 2.76. The highest BCUT2D eigenvalue weighted by atomic mass is 14.2. The van der Waals surface area contributed by atoms with Gasteiger partial charge in [-0.05, 0) is 30.7 Å². The Morgan fingerprint density at radius 3 is 2.59 bits per heavy atom. The maximum atomic E-state index is 2.33. The zero-order valence-electron chi connectivity index (χ0n) is 10.5. The quantitative estimate of drug-likeness (QED) is 0.634. The van der Waals surface area contributed by atoms with Crippen LogP contribution in [0.4, 0.5) is 0 Å². The van der Waals surface area contributed by atoms with Gasteiger partial charge in [-0.1, -0.05) is 73.2 Å². The molecule has 1 atom stereocenters. The SMILES string of the molecule is CC1CCC(=CC=CC=Cc2ccccc2)C1. The lowest BCUT2D eigenvalue weighted by molar-refractivity contribution is 0.620. The maximum Gasteiger partial charge on any atom is -0.0257 e. The van der Waals surface area contributed by atoms with Crippen LogP contribution in [-0.2, 0) is 0 Å². The average molecular weight is 224 g/mol. The van der Waals surface area contributed by atoms with Crippen LogP contribution in [0.25, 0.3) is 6.08 Å². The predicted molar refractivity (Wildman–Crippen MR) is 75.7 cm³/mol. The lowest BCUT2D eigenvalue weighted by Crippen LogP contribution is -1.80. The van der Waals surface area contributed by atoms with Gasteiger partial charge in [-0.15, -0.1) is 0 Å². The zero-order chi connectivity index (χ0) is 11.9. The second-order valence-corrected chi connectivity index (χ2v) is 4.83. The fourth-order valence-electron chi connectivity index (χ4n) is 2.22. The first-order chi connectivity index (χ1) is 8.34. The lowest BCUT2D eigenvalue weighted by Gasteiger charge is -1.94. The molecule has 0 aliphatic heterocycles. The van der Waals surface area contributed by atoms with Crippen LogP contribution in [0.3, 0.4) is 0 Å². The lowest BCUT2D eigenvalue weighted by atomic mass is 10.1. The van der Waals surface area contributed by atoms with E-state index in [2.05, 4.69) is 61.6 Å². The molecule has 88 valence electrons. The minimum absolute atomic E-state index is 0.884. The van der Waals surface area contributed by atoms with E-state index >= 15 is 0 Å². The highest BCUT2D eigenvalue weighted by Crippen LogP contribution is 2.29. The number of benzene rings is 1. The highest BCUT2D eigenvalue weighted by Gasteiger charge is 2.13. The summed E-state index contributed by atoms with van der Waals surface area (Å²) in [4.78, 5) is 0. The molecule has 0 bridgehead atoms. The van der Waals surface area contributed by atoms with Gasteiger partial charge in [0.1, 0.15) is 0 Å². The van der Waals surface area contributed by atoms with Crippen LogP contribution >= 0.6 is 0 Å². The molecule has 0 amide bonds. The van der Waals surface area contributed by atoms with Crippen molar-refractivity contribution in [2.24, 2.45) is 5.92 Å². The van der Waals surface area contributed by atoms with Crippen LogP contribution in [-0.4, -0.2) is 0 Å². The summed E-state index contributed by atoms with van der Waals surface area (Å²) in [7, 11) is 0. The maximum absolute atomic E-state index is 2.33. The first kappa shape index (κ1) is 11.9. The van der Waals surface area contributed by atoms with E-state index in [1.54, 1.807) is 5.57 Å². The molecule has 1 saturated carbocycles. The number of hydrogen-bond acceptors (Lipinski definition) is 0. The Morgan fingerprint density at radius 2 is 1.88 bits per heavy atom. The van der Waals surface area contributed by atoms with Crippen molar-refractivity contribution < 1.29 is 0 Å². The Hall–Kier alpha value is -1.56. The van der Waals surface area contributed by atoms with Gasteiger partial charge >= 0.3 is 0 Å². The number of allylic oxidation sites excluding steroid dienone is 5. The summed E-state index contributed by atoms with van der Waals surface area (Å²) >= 11 is 0. The van der Waals surface area contributed by atoms with Gasteiger partial charge in [-0.25, -0.2) is 0 Å². The third kappa shape index (κ3) is 4.07. The van der Waals surface area contributed by atoms with Gasteiger partial charge in [-0.2, -0.15) is 0 Å². The Bertz CT molecular complexity index is 421. The molecule has 1 unspecified atom stereocenters. The fourth-order valence-corrected chi connectivity index (χ4v) is 2.22. The van der Waals surface area contributed by atoms with Crippen molar-refractivity contribution in [3.63, 3.8) is 0 Å². The van der Waals surface area contributed by atoms with Crippen molar-refractivity contribution in [1.82, 2.24) is 0 Å². The van der Waals surface area contributed by atoms with Crippen molar-refractivity contribution in [3.8, 4) is 0 Å². The summed E-state index contributed by atoms with van der Waals surface area (Å²) < 4.78 is 0. The van der Waals surface area contributed by atoms with Crippen molar-refractivity contribution >= 4 is 6.08 Å². The highest BCUT2D eigenvalue weighted by molar-refractivity contribution is 5.50. The molecule has 17 heavy (non-hydrogen) atoms. The number of hydrogen-bond donors (Lipinski definition) is 0. The molecule has 1 aromatic rings. The Morgan fingerprint density at radius 1 is 1.06 bits per heavy atom. The molecule has 0 heteroatoms. The van der Waals surface area contributed by atoms with E-state index in [0.29, 0.717) is 0 Å². The minimum Gasteiger partial charge on any atom is -0.0699 e. The van der Waals surface area contributed by atoms with Crippen molar-refractivity contribution in [3.05, 3.63) is 65.8 Å². The molecule has 1 aromatic carbocycles. The standard InChI is InChI=1S/C17H20/c1-15-12-13-17(14-15)11-7-3-6-10-16-8-4-2-5-9-16/h2-11,15H,12-14H2,1H3. The smallest absolute Gasteiger partial charge is 0.0257 e. The molecule has 1 aliphatic rings. The van der Waals surface area contributed by atoms with E-state index in [0.717, 1.165) is 5.92 Å². The van der Waals surface area contributed by atoms with Crippen LogP contribution in [0.5, 0.6) is 0 Å². The van der Waals surface area contributed by atoms with E-state index in [-0.39, 0.29) is 0 Å². The topological polar surface area (TPSA) is 0 Å². The molecule has 0 spiro atoms. The summed E-state index contributed by atoms with van der Waals surface area (Å²) in [6.45, 7) is 2.33. The largest absolute Gasteiger partial charge is 0.0699 e. The molecular formula is C17H20. The van der Waals surface area contributed by atoms with Gasteiger partial charge in [0, 0.05) is 0 Å². The predicted octanol–water partition coefficient (Wildman–Crippen LogP) is 5.00. The van der Waals surface area contributed by atoms with E-state index in [9.17, 15) is 0 Å². The molecule has 1 aliphatic carbocycles. The first-order valence-electron chi connectivity index (χ1n) is 6.42. The summed E-state index contributed by atoms with van der Waals surface area (Å²) in [5, 5.41) is 0. The van der Waals surface area contributed by atoms with Crippen LogP contribution in [0, 0.1) is 5.92 Å². The normalized spacial score (nSPS) is 23.1. The van der Waals surface area contributed by atoms with E-state index in [4.69, 9.17) is 0 Å². The molecule has 0 heterocycles. The van der Waals surface area contributed by atoms with Crippen molar-refractivity contribution in [1.29, 1.82) is 0 Å². The molecule has 1 fully saturated rings. The Labute approximate surface area is 104 Å². The van der Waals surface area contributed by atoms with E-state index in [1.807, 2.05) is 6.07 Å². The monoisotopic (exact) mass is 224 g/mol. The molecule has 0 N–H and O–H groups in total. The van der Waals surface area contributed by atoms with Gasteiger partial charge < -0.3 is 0 Å². The van der Waals surface area contributed by atoms with E-state index in [1.165, 1.54) is 24.8 Å². The summed E-state index contributed by atoms with van der Waals surface area (Å²) in [5.74, 6) is 0.884. The minimum atomic E-state index is 0.884. The molecule has 2 rings (SSSR count). The van der Waals surface area contributed by atoms with E-state index < -0.39 is 0 Å². The third-order valence-corrected chi connectivity index (χ3v) is 3.21. The van der Waals surface area contributed by atoms with Crippen molar-refractivity contribution in [2.45, 2.75) is 26.2 Å². The van der Waals surface area contributed by atoms with Gasteiger partial charge in [0.25, 0.3) is 0 Å². The molecule has 0 radical (unpaired) electrons. The summed E-state index contributed by atoms with van der Waals surface area (Å²) in [6.07, 6.45) is 14.7. The second kappa shape index (κ2) is 6.24. The summed E-state index contributed by atoms with van der Waals surface area (Å²) in [6, 6.07) is 10.4. The molecule has 0 saturated heterocycles. The first-order valence-corrected chi connectivity index (χ1v) is 6.42. The van der Waals surface area contributed by atoms with Crippen LogP contribution in [0.2, 0.25) is 0 Å². The van der Waals surface area contributed by atoms with Crippen LogP contribution in [0.1, 0.15) is 31.7 Å². The molecule has 0 nitrogen and oxygen atoms in total. The van der Waals surface area contributed by atoms with Gasteiger partial charge in [0.15, 0.2) is 0 Å². The van der Waals surface area contributed by atoms with Gasteiger partial charge in [0.05, 0.1) is 0 Å². The number of rotatable bonds is 3. The summed E-state index contributed by atoms with van der Waals surface area (Å²) in [5.41, 5.74) is 2.85. The van der Waals surface area contributed by atoms with Crippen LogP contribution < -0.4 is 0 Å². The van der Waals surface area contributed by atoms with Gasteiger partial charge in [-0.3, -0.25) is 0 Å². The third-order valence-electron chi connectivity index (χ3n) is 3.21. The van der Waals surface area contributed by atoms with Gasteiger partial charge in [0.2, 0.25) is 0 Å². The van der Waals surface area contributed by atoms with Crippen LogP contribution in [0.15, 0.2) is 60.2 Å². The zero-order valence-corrected chi connectivity index (χ0v) is 10.5. The molecular weight excluding hydrogens is 204 g/mol. The second-order valence-electron chi connectivity index (χ2n) is 4.83. The van der Waals surface area contributed by atoms with Crippen molar-refractivity contribution in [2.75, 3.05) is 0 Å². The molecule has 0 aromatic heterocycles. The Kier molecular flexibility index (Phi) is 4.37. The Balaban J connectivity index is 1.84.